The summed E-state index contributed by atoms with van der Waals surface area (Å²) in [5.74, 6) is -1.05. The third-order valence-electron chi connectivity index (χ3n) is 3.17. The first-order valence-corrected chi connectivity index (χ1v) is 7.43. The predicted octanol–water partition coefficient (Wildman–Crippen LogP) is 3.24. The molecule has 0 aliphatic rings. The summed E-state index contributed by atoms with van der Waals surface area (Å²) in [5.41, 5.74) is 0.399. The molecule has 0 fully saturated rings. The van der Waals surface area contributed by atoms with Crippen molar-refractivity contribution in [3.63, 3.8) is 0 Å². The lowest BCUT2D eigenvalue weighted by Crippen LogP contribution is -2.30. The van der Waals surface area contributed by atoms with Crippen molar-refractivity contribution in [1.29, 1.82) is 0 Å². The van der Waals surface area contributed by atoms with Gasteiger partial charge >= 0.3 is 5.97 Å². The molecule has 0 aromatic heterocycles. The minimum atomic E-state index is -1.07. The Bertz CT molecular complexity index is 762. The Hall–Kier alpha value is -2.73. The van der Waals surface area contributed by atoms with E-state index in [2.05, 4.69) is 5.32 Å². The molecule has 2 N–H and O–H groups in total. The number of benzene rings is 2. The molecule has 126 valence electrons. The van der Waals surface area contributed by atoms with Gasteiger partial charge in [-0.2, -0.15) is 0 Å². The van der Waals surface area contributed by atoms with Crippen molar-refractivity contribution in [1.82, 2.24) is 0 Å². The number of esters is 1. The highest BCUT2D eigenvalue weighted by molar-refractivity contribution is 6.31. The number of anilines is 1. The van der Waals surface area contributed by atoms with Crippen LogP contribution in [-0.4, -0.2) is 30.2 Å². The molecule has 0 aliphatic carbocycles. The van der Waals surface area contributed by atoms with E-state index in [1.165, 1.54) is 32.2 Å². The number of phenolic OH excluding ortho intramolecular Hbond substituents is 1. The number of carbonyl (C=O) groups excluding carboxylic acids is 2. The molecular formula is C17H16ClNO5. The molecule has 2 aromatic carbocycles. The number of rotatable bonds is 5. The first-order valence-electron chi connectivity index (χ1n) is 7.05. The number of aromatic hydroxyl groups is 1. The second-order valence-electron chi connectivity index (χ2n) is 4.93. The topological polar surface area (TPSA) is 84.9 Å². The van der Waals surface area contributed by atoms with Crippen molar-refractivity contribution in [2.75, 3.05) is 12.4 Å². The van der Waals surface area contributed by atoms with Crippen LogP contribution >= 0.6 is 11.6 Å². The third kappa shape index (κ3) is 4.39. The predicted molar refractivity (Wildman–Crippen MR) is 89.6 cm³/mol. The standard InChI is InChI=1S/C17H16ClNO5/c1-10(16(21)19-12-4-3-5-13(9-12)23-2)24-17(22)14-8-11(18)6-7-15(14)20/h3-10,20H,1-2H3,(H,19,21)/t10-/m0/s1. The van der Waals surface area contributed by atoms with Crippen molar-refractivity contribution in [2.45, 2.75) is 13.0 Å². The zero-order chi connectivity index (χ0) is 17.7. The average molecular weight is 350 g/mol. The zero-order valence-electron chi connectivity index (χ0n) is 13.1. The minimum absolute atomic E-state index is 0.108. The molecule has 2 aromatic rings. The van der Waals surface area contributed by atoms with Gasteiger partial charge in [-0.25, -0.2) is 4.79 Å². The Labute approximate surface area is 144 Å². The molecule has 7 heteroatoms. The van der Waals surface area contributed by atoms with Gasteiger partial charge in [0.25, 0.3) is 5.91 Å². The van der Waals surface area contributed by atoms with Gasteiger partial charge in [0.2, 0.25) is 0 Å². The van der Waals surface area contributed by atoms with Gasteiger partial charge in [0.15, 0.2) is 6.10 Å². The maximum atomic E-state index is 12.1. The molecule has 0 saturated carbocycles. The van der Waals surface area contributed by atoms with E-state index < -0.39 is 18.0 Å². The maximum Gasteiger partial charge on any atom is 0.342 e. The van der Waals surface area contributed by atoms with Crippen LogP contribution in [0.2, 0.25) is 5.02 Å². The molecule has 0 spiro atoms. The van der Waals surface area contributed by atoms with Crippen LogP contribution in [0.4, 0.5) is 5.69 Å². The summed E-state index contributed by atoms with van der Waals surface area (Å²) in [6.45, 7) is 1.43. The highest BCUT2D eigenvalue weighted by Gasteiger charge is 2.21. The molecule has 1 amide bonds. The first kappa shape index (κ1) is 17.6. The van der Waals surface area contributed by atoms with Crippen molar-refractivity contribution >= 4 is 29.2 Å². The molecule has 0 radical (unpaired) electrons. The van der Waals surface area contributed by atoms with Crippen LogP contribution < -0.4 is 10.1 Å². The van der Waals surface area contributed by atoms with Gasteiger partial charge in [0.1, 0.15) is 17.1 Å². The number of hydrogen-bond donors (Lipinski definition) is 2. The van der Waals surface area contributed by atoms with Crippen LogP contribution in [0.25, 0.3) is 0 Å². The van der Waals surface area contributed by atoms with E-state index in [1.54, 1.807) is 24.3 Å². The van der Waals surface area contributed by atoms with Gasteiger partial charge in [0.05, 0.1) is 7.11 Å². The van der Waals surface area contributed by atoms with Crippen LogP contribution in [0.5, 0.6) is 11.5 Å². The fourth-order valence-corrected chi connectivity index (χ4v) is 2.07. The second-order valence-corrected chi connectivity index (χ2v) is 5.37. The summed E-state index contributed by atoms with van der Waals surface area (Å²) < 4.78 is 10.1. The molecule has 24 heavy (non-hydrogen) atoms. The number of nitrogens with one attached hydrogen (secondary N) is 1. The number of phenols is 1. The first-order chi connectivity index (χ1) is 11.4. The van der Waals surface area contributed by atoms with E-state index in [0.717, 1.165) is 0 Å². The van der Waals surface area contributed by atoms with E-state index in [1.807, 2.05) is 0 Å². The lowest BCUT2D eigenvalue weighted by Gasteiger charge is -2.14. The Morgan fingerprint density at radius 3 is 2.67 bits per heavy atom. The number of ether oxygens (including phenoxy) is 2. The fourth-order valence-electron chi connectivity index (χ4n) is 1.89. The van der Waals surface area contributed by atoms with Crippen molar-refractivity contribution in [3.05, 3.63) is 53.1 Å². The van der Waals surface area contributed by atoms with Gasteiger partial charge in [-0.3, -0.25) is 4.79 Å². The molecular weight excluding hydrogens is 334 g/mol. The summed E-state index contributed by atoms with van der Waals surface area (Å²) in [6, 6.07) is 10.8. The SMILES string of the molecule is COc1cccc(NC(=O)[C@H](C)OC(=O)c2cc(Cl)ccc2O)c1. The van der Waals surface area contributed by atoms with Crippen LogP contribution in [0.1, 0.15) is 17.3 Å². The zero-order valence-corrected chi connectivity index (χ0v) is 13.8. The van der Waals surface area contributed by atoms with E-state index in [-0.39, 0.29) is 16.3 Å². The largest absolute Gasteiger partial charge is 0.507 e. The molecule has 0 bridgehead atoms. The van der Waals surface area contributed by atoms with Crippen LogP contribution in [0.15, 0.2) is 42.5 Å². The van der Waals surface area contributed by atoms with Crippen LogP contribution in [0.3, 0.4) is 0 Å². The third-order valence-corrected chi connectivity index (χ3v) is 3.40. The fraction of sp³-hybridized carbons (Fsp3) is 0.176. The molecule has 0 saturated heterocycles. The quantitative estimate of drug-likeness (QED) is 0.809. The lowest BCUT2D eigenvalue weighted by atomic mass is 10.2. The summed E-state index contributed by atoms with van der Waals surface area (Å²) in [7, 11) is 1.52. The van der Waals surface area contributed by atoms with Crippen LogP contribution in [0, 0.1) is 0 Å². The highest BCUT2D eigenvalue weighted by Crippen LogP contribution is 2.23. The van der Waals surface area contributed by atoms with E-state index in [4.69, 9.17) is 21.1 Å². The molecule has 0 aliphatic heterocycles. The lowest BCUT2D eigenvalue weighted by molar-refractivity contribution is -0.123. The Morgan fingerprint density at radius 1 is 1.21 bits per heavy atom. The van der Waals surface area contributed by atoms with Gasteiger partial charge in [-0.1, -0.05) is 17.7 Å². The Morgan fingerprint density at radius 2 is 1.96 bits per heavy atom. The Kier molecular flexibility index (Phi) is 5.65. The Balaban J connectivity index is 2.02. The molecule has 2 rings (SSSR count). The number of methoxy groups -OCH3 is 1. The molecule has 1 atom stereocenters. The summed E-state index contributed by atoms with van der Waals surface area (Å²) in [6.07, 6.45) is -1.07. The van der Waals surface area contributed by atoms with E-state index in [9.17, 15) is 14.7 Å². The monoisotopic (exact) mass is 349 g/mol. The van der Waals surface area contributed by atoms with Crippen molar-refractivity contribution in [2.24, 2.45) is 0 Å². The second kappa shape index (κ2) is 7.70. The number of amides is 1. The number of hydrogen-bond acceptors (Lipinski definition) is 5. The van der Waals surface area contributed by atoms with E-state index in [0.29, 0.717) is 11.4 Å². The van der Waals surface area contributed by atoms with Gasteiger partial charge in [-0.15, -0.1) is 0 Å². The van der Waals surface area contributed by atoms with Gasteiger partial charge in [0, 0.05) is 16.8 Å². The summed E-state index contributed by atoms with van der Waals surface area (Å²) in [5, 5.41) is 12.6. The van der Waals surface area contributed by atoms with Crippen molar-refractivity contribution in [3.8, 4) is 11.5 Å². The summed E-state index contributed by atoms with van der Waals surface area (Å²) >= 11 is 5.79. The minimum Gasteiger partial charge on any atom is -0.507 e. The molecule has 6 nitrogen and oxygen atoms in total. The van der Waals surface area contributed by atoms with Crippen LogP contribution in [-0.2, 0) is 9.53 Å². The molecule has 0 unspecified atom stereocenters. The van der Waals surface area contributed by atoms with Gasteiger partial charge in [-0.05, 0) is 37.3 Å². The smallest absolute Gasteiger partial charge is 0.342 e. The van der Waals surface area contributed by atoms with E-state index >= 15 is 0 Å². The molecule has 0 heterocycles. The normalized spacial score (nSPS) is 11.5. The number of carbonyl (C=O) groups is 2. The highest BCUT2D eigenvalue weighted by atomic mass is 35.5. The average Bonchev–Trinajstić information content (AvgIpc) is 2.57. The maximum absolute atomic E-state index is 12.1. The van der Waals surface area contributed by atoms with Gasteiger partial charge < -0.3 is 19.9 Å². The van der Waals surface area contributed by atoms with Crippen molar-refractivity contribution < 1.29 is 24.2 Å². The number of halogens is 1. The summed E-state index contributed by atoms with van der Waals surface area (Å²) in [4.78, 5) is 24.2.